The Morgan fingerprint density at radius 2 is 2.10 bits per heavy atom. The number of carbonyl (C=O) groups excluding carboxylic acids is 1. The summed E-state index contributed by atoms with van der Waals surface area (Å²) in [6.07, 6.45) is 2.61. The molecule has 0 aliphatic carbocycles. The van der Waals surface area contributed by atoms with Crippen LogP contribution in [0.1, 0.15) is 31.7 Å². The van der Waals surface area contributed by atoms with Gasteiger partial charge >= 0.3 is 0 Å². The maximum atomic E-state index is 13.4. The Morgan fingerprint density at radius 3 is 2.81 bits per heavy atom. The van der Waals surface area contributed by atoms with E-state index in [9.17, 15) is 13.6 Å². The van der Waals surface area contributed by atoms with Gasteiger partial charge in [-0.3, -0.25) is 4.79 Å². The van der Waals surface area contributed by atoms with Crippen LogP contribution in [0.4, 0.5) is 8.78 Å². The van der Waals surface area contributed by atoms with Crippen LogP contribution in [0.15, 0.2) is 18.2 Å². The smallest absolute Gasteiger partial charge is 0.220 e. The lowest BCUT2D eigenvalue weighted by Crippen LogP contribution is -2.33. The molecule has 0 aromatic heterocycles. The fourth-order valence-electron chi connectivity index (χ4n) is 2.82. The Hall–Kier alpha value is -1.49. The van der Waals surface area contributed by atoms with Crippen molar-refractivity contribution in [2.45, 2.75) is 32.7 Å². The van der Waals surface area contributed by atoms with E-state index in [2.05, 4.69) is 17.6 Å². The zero-order valence-corrected chi connectivity index (χ0v) is 12.3. The Kier molecular flexibility index (Phi) is 5.67. The van der Waals surface area contributed by atoms with Gasteiger partial charge in [-0.1, -0.05) is 6.92 Å². The van der Waals surface area contributed by atoms with Crippen LogP contribution in [0.5, 0.6) is 0 Å². The van der Waals surface area contributed by atoms with Crippen LogP contribution in [0.2, 0.25) is 0 Å². The topological polar surface area (TPSA) is 41.1 Å². The van der Waals surface area contributed by atoms with E-state index in [1.54, 1.807) is 0 Å². The quantitative estimate of drug-likeness (QED) is 0.877. The molecule has 0 saturated carbocycles. The molecule has 1 aromatic rings. The average Bonchev–Trinajstić information content (AvgIpc) is 2.49. The van der Waals surface area contributed by atoms with Gasteiger partial charge in [-0.05, 0) is 56.0 Å². The van der Waals surface area contributed by atoms with E-state index in [0.717, 1.165) is 44.1 Å². The van der Waals surface area contributed by atoms with Crippen LogP contribution in [0.3, 0.4) is 0 Å². The maximum absolute atomic E-state index is 13.4. The summed E-state index contributed by atoms with van der Waals surface area (Å²) < 4.78 is 26.5. The normalized spacial score (nSPS) is 17.5. The van der Waals surface area contributed by atoms with Crippen molar-refractivity contribution >= 4 is 5.91 Å². The zero-order valence-electron chi connectivity index (χ0n) is 12.3. The standard InChI is InChI=1S/C16H22F2N2O/c1-11(12-4-6-19-7-5-12)8-16(21)20-10-13-9-14(17)2-3-15(13)18/h2-3,9,11-12,19H,4-8,10H2,1H3,(H,20,21). The summed E-state index contributed by atoms with van der Waals surface area (Å²) in [6, 6.07) is 3.26. The molecule has 1 aromatic carbocycles. The summed E-state index contributed by atoms with van der Waals surface area (Å²) >= 11 is 0. The molecule has 0 radical (unpaired) electrons. The van der Waals surface area contributed by atoms with Crippen LogP contribution >= 0.6 is 0 Å². The van der Waals surface area contributed by atoms with Gasteiger partial charge in [-0.25, -0.2) is 8.78 Å². The highest BCUT2D eigenvalue weighted by molar-refractivity contribution is 5.76. The zero-order chi connectivity index (χ0) is 15.2. The number of benzene rings is 1. The number of hydrogen-bond donors (Lipinski definition) is 2. The van der Waals surface area contributed by atoms with Gasteiger partial charge in [0.15, 0.2) is 0 Å². The van der Waals surface area contributed by atoms with Crippen molar-refractivity contribution in [3.63, 3.8) is 0 Å². The van der Waals surface area contributed by atoms with Gasteiger partial charge in [0.2, 0.25) is 5.91 Å². The van der Waals surface area contributed by atoms with Gasteiger partial charge in [0, 0.05) is 18.5 Å². The van der Waals surface area contributed by atoms with Crippen molar-refractivity contribution in [3.05, 3.63) is 35.4 Å². The van der Waals surface area contributed by atoms with Gasteiger partial charge in [0.1, 0.15) is 11.6 Å². The van der Waals surface area contributed by atoms with Crippen molar-refractivity contribution in [1.82, 2.24) is 10.6 Å². The number of halogens is 2. The minimum Gasteiger partial charge on any atom is -0.352 e. The molecule has 1 saturated heterocycles. The molecule has 116 valence electrons. The Labute approximate surface area is 124 Å². The number of rotatable bonds is 5. The molecule has 1 amide bonds. The third kappa shape index (κ3) is 4.77. The molecule has 2 N–H and O–H groups in total. The van der Waals surface area contributed by atoms with Crippen LogP contribution in [0, 0.1) is 23.5 Å². The minimum absolute atomic E-state index is 0.0291. The molecule has 1 aliphatic heterocycles. The molecule has 1 fully saturated rings. The second-order valence-corrected chi connectivity index (χ2v) is 5.78. The predicted molar refractivity (Wildman–Crippen MR) is 77.6 cm³/mol. The number of hydrogen-bond acceptors (Lipinski definition) is 2. The largest absolute Gasteiger partial charge is 0.352 e. The molecular formula is C16H22F2N2O. The van der Waals surface area contributed by atoms with Crippen LogP contribution in [-0.2, 0) is 11.3 Å². The van der Waals surface area contributed by atoms with Crippen molar-refractivity contribution in [2.75, 3.05) is 13.1 Å². The van der Waals surface area contributed by atoms with Crippen molar-refractivity contribution in [2.24, 2.45) is 11.8 Å². The fourth-order valence-corrected chi connectivity index (χ4v) is 2.82. The lowest BCUT2D eigenvalue weighted by Gasteiger charge is -2.27. The molecule has 2 rings (SSSR count). The van der Waals surface area contributed by atoms with E-state index in [1.165, 1.54) is 0 Å². The molecular weight excluding hydrogens is 274 g/mol. The minimum atomic E-state index is -0.497. The van der Waals surface area contributed by atoms with Gasteiger partial charge in [-0.15, -0.1) is 0 Å². The lowest BCUT2D eigenvalue weighted by molar-refractivity contribution is -0.122. The summed E-state index contributed by atoms with van der Waals surface area (Å²) in [5.74, 6) is -0.233. The van der Waals surface area contributed by atoms with E-state index < -0.39 is 11.6 Å². The average molecular weight is 296 g/mol. The first kappa shape index (κ1) is 15.9. The highest BCUT2D eigenvalue weighted by Gasteiger charge is 2.21. The second kappa shape index (κ2) is 7.50. The Morgan fingerprint density at radius 1 is 1.38 bits per heavy atom. The van der Waals surface area contributed by atoms with Gasteiger partial charge in [0.05, 0.1) is 0 Å². The van der Waals surface area contributed by atoms with Crippen molar-refractivity contribution in [3.8, 4) is 0 Å². The molecule has 1 atom stereocenters. The fraction of sp³-hybridized carbons (Fsp3) is 0.562. The Bertz CT molecular complexity index is 487. The van der Waals surface area contributed by atoms with E-state index in [-0.39, 0.29) is 18.0 Å². The van der Waals surface area contributed by atoms with Crippen LogP contribution < -0.4 is 10.6 Å². The third-order valence-corrected chi connectivity index (χ3v) is 4.18. The monoisotopic (exact) mass is 296 g/mol. The highest BCUT2D eigenvalue weighted by Crippen LogP contribution is 2.24. The molecule has 0 bridgehead atoms. The third-order valence-electron chi connectivity index (χ3n) is 4.18. The lowest BCUT2D eigenvalue weighted by atomic mass is 9.84. The molecule has 1 unspecified atom stereocenters. The molecule has 0 spiro atoms. The molecule has 1 heterocycles. The van der Waals surface area contributed by atoms with Gasteiger partial charge in [0.25, 0.3) is 0 Å². The summed E-state index contributed by atoms with van der Waals surface area (Å²) in [5, 5.41) is 5.98. The summed E-state index contributed by atoms with van der Waals surface area (Å²) in [7, 11) is 0. The number of carbonyl (C=O) groups is 1. The Balaban J connectivity index is 1.80. The first-order valence-electron chi connectivity index (χ1n) is 7.47. The SMILES string of the molecule is CC(CC(=O)NCc1cc(F)ccc1F)C1CCNCC1. The van der Waals surface area contributed by atoms with Crippen molar-refractivity contribution in [1.29, 1.82) is 0 Å². The maximum Gasteiger partial charge on any atom is 0.220 e. The van der Waals surface area contributed by atoms with Crippen LogP contribution in [0.25, 0.3) is 0 Å². The van der Waals surface area contributed by atoms with Gasteiger partial charge in [-0.2, -0.15) is 0 Å². The number of piperidine rings is 1. The first-order valence-corrected chi connectivity index (χ1v) is 7.47. The van der Waals surface area contributed by atoms with Gasteiger partial charge < -0.3 is 10.6 Å². The first-order chi connectivity index (χ1) is 10.1. The number of nitrogens with one attached hydrogen (secondary N) is 2. The summed E-state index contributed by atoms with van der Waals surface area (Å²) in [4.78, 5) is 11.9. The van der Waals surface area contributed by atoms with E-state index in [0.29, 0.717) is 18.3 Å². The van der Waals surface area contributed by atoms with E-state index >= 15 is 0 Å². The summed E-state index contributed by atoms with van der Waals surface area (Å²) in [6.45, 7) is 4.12. The highest BCUT2D eigenvalue weighted by atomic mass is 19.1. The molecule has 1 aliphatic rings. The molecule has 3 nitrogen and oxygen atoms in total. The predicted octanol–water partition coefficient (Wildman–Crippen LogP) is 2.61. The number of amides is 1. The molecule has 21 heavy (non-hydrogen) atoms. The van der Waals surface area contributed by atoms with Crippen LogP contribution in [-0.4, -0.2) is 19.0 Å². The summed E-state index contributed by atoms with van der Waals surface area (Å²) in [5.41, 5.74) is 0.179. The second-order valence-electron chi connectivity index (χ2n) is 5.78. The van der Waals surface area contributed by atoms with E-state index in [1.807, 2.05) is 0 Å². The van der Waals surface area contributed by atoms with E-state index in [4.69, 9.17) is 0 Å². The van der Waals surface area contributed by atoms with Crippen molar-refractivity contribution < 1.29 is 13.6 Å². The molecule has 5 heteroatoms.